The molecule has 0 aliphatic carbocycles. The summed E-state index contributed by atoms with van der Waals surface area (Å²) in [5.74, 6) is 0. The number of rotatable bonds is 1. The molecule has 1 aromatic rings. The van der Waals surface area contributed by atoms with Gasteiger partial charge in [-0.1, -0.05) is 46.4 Å². The molecule has 1 heterocycles. The topological polar surface area (TPSA) is 75.3 Å². The highest BCUT2D eigenvalue weighted by Gasteiger charge is 2.41. The quantitative estimate of drug-likeness (QED) is 0.593. The largest absolute Gasteiger partial charge is 0.364 e. The minimum atomic E-state index is -3.91. The van der Waals surface area contributed by atoms with Crippen LogP contribution in [-0.2, 0) is 10.0 Å². The van der Waals surface area contributed by atoms with Crippen LogP contribution in [0, 0.1) is 0 Å². The van der Waals surface area contributed by atoms with E-state index < -0.39 is 20.0 Å². The number of benzene rings is 1. The molecule has 104 valence electrons. The van der Waals surface area contributed by atoms with Crippen molar-refractivity contribution in [2.24, 2.45) is 0 Å². The molecule has 0 amide bonds. The van der Waals surface area contributed by atoms with E-state index in [0.29, 0.717) is 6.29 Å². The van der Waals surface area contributed by atoms with Gasteiger partial charge in [0.15, 0.2) is 6.29 Å². The second-order valence-corrected chi connectivity index (χ2v) is 8.19. The molecule has 1 aliphatic heterocycles. The van der Waals surface area contributed by atoms with E-state index in [2.05, 4.69) is 10.0 Å². The Hall–Kier alpha value is -0.240. The van der Waals surface area contributed by atoms with Crippen molar-refractivity contribution in [3.63, 3.8) is 0 Å². The lowest BCUT2D eigenvalue weighted by Gasteiger charge is -2.32. The monoisotopic (exact) mass is 362 g/mol. The van der Waals surface area contributed by atoms with Gasteiger partial charge in [0.1, 0.15) is 11.1 Å². The maximum atomic E-state index is 12.0. The Bertz CT molecular complexity index is 642. The van der Waals surface area contributed by atoms with Crippen molar-refractivity contribution in [3.05, 3.63) is 22.7 Å². The van der Waals surface area contributed by atoms with Crippen LogP contribution >= 0.6 is 46.4 Å². The normalized spacial score (nSPS) is 21.4. The molecule has 0 fully saturated rings. The minimum absolute atomic E-state index is 0.0555. The number of carbonyl (C=O) groups is 1. The average molecular weight is 364 g/mol. The zero-order valence-electron chi connectivity index (χ0n) is 8.95. The highest BCUT2D eigenvalue weighted by molar-refractivity contribution is 7.89. The van der Waals surface area contributed by atoms with E-state index in [-0.39, 0.29) is 21.2 Å². The van der Waals surface area contributed by atoms with Crippen molar-refractivity contribution in [1.82, 2.24) is 4.72 Å². The molecular formula is C9H6Cl4N2O3S. The molecule has 0 radical (unpaired) electrons. The summed E-state index contributed by atoms with van der Waals surface area (Å²) < 4.78 is 24.3. The Labute approximate surface area is 129 Å². The highest BCUT2D eigenvalue weighted by Crippen LogP contribution is 2.37. The highest BCUT2D eigenvalue weighted by atomic mass is 35.6. The van der Waals surface area contributed by atoms with Crippen LogP contribution in [0.25, 0.3) is 0 Å². The molecule has 19 heavy (non-hydrogen) atoms. The predicted molar refractivity (Wildman–Crippen MR) is 74.9 cm³/mol. The SMILES string of the molecule is O=Cc1cc2c(cc1Cl)NC(C(Cl)(Cl)Cl)NS2(=O)=O. The van der Waals surface area contributed by atoms with Crippen LogP contribution in [0.1, 0.15) is 10.4 Å². The fraction of sp³-hybridized carbons (Fsp3) is 0.222. The molecule has 1 aliphatic rings. The lowest BCUT2D eigenvalue weighted by Crippen LogP contribution is -2.52. The maximum Gasteiger partial charge on any atom is 0.244 e. The number of hydrogen-bond donors (Lipinski definition) is 2. The van der Waals surface area contributed by atoms with Gasteiger partial charge in [0.2, 0.25) is 13.8 Å². The number of alkyl halides is 3. The van der Waals surface area contributed by atoms with Gasteiger partial charge >= 0.3 is 0 Å². The van der Waals surface area contributed by atoms with Gasteiger partial charge in [-0.15, -0.1) is 0 Å². The summed E-state index contributed by atoms with van der Waals surface area (Å²) >= 11 is 22.8. The molecular weight excluding hydrogens is 358 g/mol. The number of nitrogens with one attached hydrogen (secondary N) is 2. The molecule has 10 heteroatoms. The molecule has 0 spiro atoms. The molecule has 1 unspecified atom stereocenters. The zero-order chi connectivity index (χ0) is 14.4. The molecule has 2 N–H and O–H groups in total. The molecule has 2 rings (SSSR count). The van der Waals surface area contributed by atoms with Crippen LogP contribution in [-0.4, -0.2) is 24.7 Å². The van der Waals surface area contributed by atoms with Gasteiger partial charge in [-0.05, 0) is 12.1 Å². The Morgan fingerprint density at radius 2 is 1.89 bits per heavy atom. The first-order chi connectivity index (χ1) is 8.65. The first kappa shape index (κ1) is 15.2. The maximum absolute atomic E-state index is 12.0. The first-order valence-electron chi connectivity index (χ1n) is 4.79. The fourth-order valence-corrected chi connectivity index (χ4v) is 3.64. The van der Waals surface area contributed by atoms with E-state index >= 15 is 0 Å². The van der Waals surface area contributed by atoms with Gasteiger partial charge in [-0.25, -0.2) is 8.42 Å². The van der Waals surface area contributed by atoms with Crippen molar-refractivity contribution in [2.45, 2.75) is 14.9 Å². The number of fused-ring (bicyclic) bond motifs is 1. The van der Waals surface area contributed by atoms with Gasteiger partial charge in [0, 0.05) is 5.56 Å². The molecule has 1 atom stereocenters. The van der Waals surface area contributed by atoms with Crippen molar-refractivity contribution in [1.29, 1.82) is 0 Å². The summed E-state index contributed by atoms with van der Waals surface area (Å²) in [4.78, 5) is 10.6. The van der Waals surface area contributed by atoms with E-state index in [1.807, 2.05) is 0 Å². The number of carbonyl (C=O) groups excluding carboxylic acids is 1. The number of hydrogen-bond acceptors (Lipinski definition) is 4. The van der Waals surface area contributed by atoms with Gasteiger partial charge in [0.05, 0.1) is 10.7 Å². The van der Waals surface area contributed by atoms with Crippen LogP contribution in [0.15, 0.2) is 17.0 Å². The van der Waals surface area contributed by atoms with Gasteiger partial charge in [-0.3, -0.25) is 4.79 Å². The molecule has 0 aromatic heterocycles. The van der Waals surface area contributed by atoms with Crippen LogP contribution in [0.3, 0.4) is 0 Å². The summed E-state index contributed by atoms with van der Waals surface area (Å²) in [7, 11) is -3.91. The lowest BCUT2D eigenvalue weighted by atomic mass is 10.2. The second kappa shape index (κ2) is 4.95. The average Bonchev–Trinajstić information content (AvgIpc) is 2.25. The van der Waals surface area contributed by atoms with Crippen LogP contribution in [0.5, 0.6) is 0 Å². The standard InChI is InChI=1S/C9H6Cl4N2O3S/c10-5-2-6-7(1-4(5)3-16)19(17,18)15-8(14-6)9(11,12)13/h1-3,8,14-15H. The smallest absolute Gasteiger partial charge is 0.244 e. The predicted octanol–water partition coefficient (Wildman–Crippen LogP) is 2.55. The number of sulfonamides is 1. The Kier molecular flexibility index (Phi) is 3.94. The van der Waals surface area contributed by atoms with Crippen molar-refractivity contribution in [2.75, 3.05) is 5.32 Å². The summed E-state index contributed by atoms with van der Waals surface area (Å²) in [5.41, 5.74) is 0.214. The lowest BCUT2D eigenvalue weighted by molar-refractivity contribution is 0.112. The summed E-state index contributed by atoms with van der Waals surface area (Å²) in [5, 5.41) is 2.80. The van der Waals surface area contributed by atoms with E-state index in [1.165, 1.54) is 6.07 Å². The first-order valence-corrected chi connectivity index (χ1v) is 7.79. The fourth-order valence-electron chi connectivity index (χ4n) is 1.55. The van der Waals surface area contributed by atoms with Crippen LogP contribution in [0.4, 0.5) is 5.69 Å². The third kappa shape index (κ3) is 2.94. The van der Waals surface area contributed by atoms with E-state index in [0.717, 1.165) is 6.07 Å². The van der Waals surface area contributed by atoms with E-state index in [9.17, 15) is 13.2 Å². The molecule has 0 saturated carbocycles. The Morgan fingerprint density at radius 1 is 1.26 bits per heavy atom. The summed E-state index contributed by atoms with van der Waals surface area (Å²) in [6.45, 7) is 0. The Balaban J connectivity index is 2.60. The molecule has 0 saturated heterocycles. The van der Waals surface area contributed by atoms with Gasteiger partial charge < -0.3 is 5.32 Å². The number of aldehydes is 1. The number of halogens is 4. The minimum Gasteiger partial charge on any atom is -0.364 e. The van der Waals surface area contributed by atoms with E-state index in [4.69, 9.17) is 46.4 Å². The molecule has 0 bridgehead atoms. The second-order valence-electron chi connectivity index (χ2n) is 3.73. The molecule has 1 aromatic carbocycles. The van der Waals surface area contributed by atoms with Crippen LogP contribution < -0.4 is 10.0 Å². The number of anilines is 1. The van der Waals surface area contributed by atoms with Crippen molar-refractivity contribution in [3.8, 4) is 0 Å². The third-order valence-corrected chi connectivity index (χ3v) is 4.86. The molecule has 5 nitrogen and oxygen atoms in total. The van der Waals surface area contributed by atoms with Crippen molar-refractivity contribution < 1.29 is 13.2 Å². The van der Waals surface area contributed by atoms with Gasteiger partial charge in [0.25, 0.3) is 0 Å². The third-order valence-electron chi connectivity index (χ3n) is 2.42. The Morgan fingerprint density at radius 3 is 2.42 bits per heavy atom. The zero-order valence-corrected chi connectivity index (χ0v) is 12.8. The van der Waals surface area contributed by atoms with E-state index in [1.54, 1.807) is 0 Å². The summed E-state index contributed by atoms with van der Waals surface area (Å²) in [6, 6.07) is 2.44. The summed E-state index contributed by atoms with van der Waals surface area (Å²) in [6.07, 6.45) is -0.688. The van der Waals surface area contributed by atoms with Crippen molar-refractivity contribution >= 4 is 68.4 Å². The van der Waals surface area contributed by atoms with Crippen LogP contribution in [0.2, 0.25) is 5.02 Å². The van der Waals surface area contributed by atoms with Gasteiger partial charge in [-0.2, -0.15) is 4.72 Å².